The van der Waals surface area contributed by atoms with Crippen molar-refractivity contribution in [3.05, 3.63) is 62.4 Å². The number of aromatic nitrogens is 2. The average Bonchev–Trinajstić information content (AvgIpc) is 2.40. The molecule has 21 heavy (non-hydrogen) atoms. The van der Waals surface area contributed by atoms with Gasteiger partial charge in [0.2, 0.25) is 0 Å². The lowest BCUT2D eigenvalue weighted by molar-refractivity contribution is 0.0693. The highest BCUT2D eigenvalue weighted by Crippen LogP contribution is 2.10. The molecule has 2 rings (SSSR count). The average molecular weight is 288 g/mol. The Hall–Kier alpha value is -2.63. The van der Waals surface area contributed by atoms with Gasteiger partial charge in [0.05, 0.1) is 5.69 Å². The van der Waals surface area contributed by atoms with Gasteiger partial charge >= 0.3 is 11.7 Å². The van der Waals surface area contributed by atoms with Gasteiger partial charge in [0, 0.05) is 12.2 Å². The minimum absolute atomic E-state index is 0.258. The van der Waals surface area contributed by atoms with Crippen LogP contribution in [0.3, 0.4) is 0 Å². The summed E-state index contributed by atoms with van der Waals surface area (Å²) in [5.41, 5.74) is -0.681. The minimum Gasteiger partial charge on any atom is -0.477 e. The maximum atomic E-state index is 12.5. The van der Waals surface area contributed by atoms with E-state index in [1.165, 1.54) is 4.57 Å². The van der Waals surface area contributed by atoms with Crippen molar-refractivity contribution >= 4 is 5.97 Å². The summed E-state index contributed by atoms with van der Waals surface area (Å²) >= 11 is 0. The summed E-state index contributed by atoms with van der Waals surface area (Å²) < 4.78 is 2.16. The van der Waals surface area contributed by atoms with E-state index in [1.807, 2.05) is 0 Å². The largest absolute Gasteiger partial charge is 0.477 e. The molecule has 0 fully saturated rings. The van der Waals surface area contributed by atoms with E-state index < -0.39 is 22.8 Å². The molecule has 0 unspecified atom stereocenters. The molecule has 0 saturated heterocycles. The number of rotatable bonds is 3. The van der Waals surface area contributed by atoms with Crippen molar-refractivity contribution < 1.29 is 9.90 Å². The van der Waals surface area contributed by atoms with Crippen molar-refractivity contribution in [3.63, 3.8) is 0 Å². The SMILES string of the molecule is Cc1ccccc1-n1c(=O)c(C(=O)O)cn(C(C)C)c1=O. The Balaban J connectivity index is 2.95. The van der Waals surface area contributed by atoms with Gasteiger partial charge in [0.15, 0.2) is 0 Å². The Morgan fingerprint density at radius 2 is 1.81 bits per heavy atom. The van der Waals surface area contributed by atoms with Gasteiger partial charge in [-0.3, -0.25) is 9.36 Å². The summed E-state index contributed by atoms with van der Waals surface area (Å²) in [5, 5.41) is 9.17. The van der Waals surface area contributed by atoms with Crippen LogP contribution < -0.4 is 11.2 Å². The normalized spacial score (nSPS) is 10.9. The molecule has 0 saturated carbocycles. The number of aryl methyl sites for hydroxylation is 1. The van der Waals surface area contributed by atoms with Crippen LogP contribution in [0.25, 0.3) is 5.69 Å². The van der Waals surface area contributed by atoms with E-state index in [0.717, 1.165) is 16.3 Å². The topological polar surface area (TPSA) is 81.3 Å². The first-order chi connectivity index (χ1) is 9.84. The first kappa shape index (κ1) is 14.8. The van der Waals surface area contributed by atoms with Gasteiger partial charge in [-0.25, -0.2) is 14.2 Å². The number of para-hydroxylation sites is 1. The Morgan fingerprint density at radius 1 is 1.19 bits per heavy atom. The van der Waals surface area contributed by atoms with Crippen LogP contribution in [0.15, 0.2) is 40.1 Å². The van der Waals surface area contributed by atoms with E-state index in [9.17, 15) is 19.5 Å². The van der Waals surface area contributed by atoms with E-state index in [2.05, 4.69) is 0 Å². The molecular formula is C15H16N2O4. The second-order valence-corrected chi connectivity index (χ2v) is 5.06. The van der Waals surface area contributed by atoms with Crippen LogP contribution in [0.1, 0.15) is 35.8 Å². The molecule has 1 heterocycles. The molecule has 0 spiro atoms. The van der Waals surface area contributed by atoms with Crippen LogP contribution in [0.4, 0.5) is 0 Å². The predicted molar refractivity (Wildman–Crippen MR) is 78.4 cm³/mol. The summed E-state index contributed by atoms with van der Waals surface area (Å²) in [6, 6.07) is 6.60. The lowest BCUT2D eigenvalue weighted by atomic mass is 10.2. The third kappa shape index (κ3) is 2.52. The first-order valence-corrected chi connectivity index (χ1v) is 6.52. The van der Waals surface area contributed by atoms with Crippen LogP contribution in [0.5, 0.6) is 0 Å². The van der Waals surface area contributed by atoms with E-state index >= 15 is 0 Å². The fourth-order valence-corrected chi connectivity index (χ4v) is 2.12. The van der Waals surface area contributed by atoms with Crippen molar-refractivity contribution in [2.75, 3.05) is 0 Å². The quantitative estimate of drug-likeness (QED) is 0.929. The standard InChI is InChI=1S/C15H16N2O4/c1-9(2)16-8-11(14(19)20)13(18)17(15(16)21)12-7-5-4-6-10(12)3/h4-9H,1-3H3,(H,19,20). The maximum absolute atomic E-state index is 12.5. The fraction of sp³-hybridized carbons (Fsp3) is 0.267. The van der Waals surface area contributed by atoms with Crippen molar-refractivity contribution in [1.29, 1.82) is 0 Å². The molecule has 0 aliphatic carbocycles. The van der Waals surface area contributed by atoms with Crippen molar-refractivity contribution in [2.24, 2.45) is 0 Å². The number of hydrogen-bond donors (Lipinski definition) is 1. The van der Waals surface area contributed by atoms with E-state index in [-0.39, 0.29) is 6.04 Å². The van der Waals surface area contributed by atoms with Crippen LogP contribution in [-0.4, -0.2) is 20.2 Å². The molecule has 0 atom stereocenters. The second kappa shape index (κ2) is 5.40. The molecule has 0 bridgehead atoms. The summed E-state index contributed by atoms with van der Waals surface area (Å²) in [6.07, 6.45) is 1.10. The third-order valence-electron chi connectivity index (χ3n) is 3.26. The summed E-state index contributed by atoms with van der Waals surface area (Å²) in [6.45, 7) is 5.26. The van der Waals surface area contributed by atoms with Crippen LogP contribution in [-0.2, 0) is 0 Å². The molecule has 0 amide bonds. The molecule has 110 valence electrons. The van der Waals surface area contributed by atoms with Crippen molar-refractivity contribution in [1.82, 2.24) is 9.13 Å². The Kier molecular flexibility index (Phi) is 3.80. The molecule has 0 radical (unpaired) electrons. The van der Waals surface area contributed by atoms with Crippen molar-refractivity contribution in [2.45, 2.75) is 26.8 Å². The molecule has 1 N–H and O–H groups in total. The fourth-order valence-electron chi connectivity index (χ4n) is 2.12. The molecule has 2 aromatic rings. The van der Waals surface area contributed by atoms with Gasteiger partial charge in [0.25, 0.3) is 5.56 Å². The predicted octanol–water partition coefficient (Wildman–Crippen LogP) is 1.59. The highest BCUT2D eigenvalue weighted by Gasteiger charge is 2.19. The van der Waals surface area contributed by atoms with Gasteiger partial charge in [-0.05, 0) is 32.4 Å². The zero-order chi connectivity index (χ0) is 15.7. The summed E-state index contributed by atoms with van der Waals surface area (Å²) in [7, 11) is 0. The number of aromatic carboxylic acids is 1. The zero-order valence-electron chi connectivity index (χ0n) is 12.0. The summed E-state index contributed by atoms with van der Waals surface area (Å²) in [5.74, 6) is -1.35. The third-order valence-corrected chi connectivity index (χ3v) is 3.26. The lowest BCUT2D eigenvalue weighted by Crippen LogP contribution is -2.42. The molecular weight excluding hydrogens is 272 g/mol. The maximum Gasteiger partial charge on any atom is 0.342 e. The van der Waals surface area contributed by atoms with Gasteiger partial charge in [-0.2, -0.15) is 0 Å². The first-order valence-electron chi connectivity index (χ1n) is 6.52. The number of hydrogen-bond acceptors (Lipinski definition) is 3. The number of nitrogens with zero attached hydrogens (tertiary/aromatic N) is 2. The molecule has 1 aromatic carbocycles. The molecule has 6 heteroatoms. The Morgan fingerprint density at radius 3 is 2.33 bits per heavy atom. The molecule has 0 aliphatic rings. The highest BCUT2D eigenvalue weighted by atomic mass is 16.4. The smallest absolute Gasteiger partial charge is 0.342 e. The van der Waals surface area contributed by atoms with Gasteiger partial charge in [0.1, 0.15) is 5.56 Å². The number of benzene rings is 1. The van der Waals surface area contributed by atoms with E-state index in [4.69, 9.17) is 0 Å². The van der Waals surface area contributed by atoms with Gasteiger partial charge in [-0.15, -0.1) is 0 Å². The Bertz CT molecular complexity index is 815. The highest BCUT2D eigenvalue weighted by molar-refractivity contribution is 5.86. The number of carboxylic acids is 1. The van der Waals surface area contributed by atoms with Crippen molar-refractivity contribution in [3.8, 4) is 5.69 Å². The number of carbonyl (C=O) groups is 1. The molecule has 6 nitrogen and oxygen atoms in total. The second-order valence-electron chi connectivity index (χ2n) is 5.06. The van der Waals surface area contributed by atoms with Gasteiger partial charge in [-0.1, -0.05) is 18.2 Å². The zero-order valence-corrected chi connectivity index (χ0v) is 12.0. The lowest BCUT2D eigenvalue weighted by Gasteiger charge is -2.15. The minimum atomic E-state index is -1.35. The Labute approximate surface area is 120 Å². The van der Waals surface area contributed by atoms with Crippen LogP contribution in [0, 0.1) is 6.92 Å². The molecule has 0 aliphatic heterocycles. The number of carboxylic acid groups (broad SMARTS) is 1. The van der Waals surface area contributed by atoms with E-state index in [0.29, 0.717) is 5.69 Å². The van der Waals surface area contributed by atoms with E-state index in [1.54, 1.807) is 45.0 Å². The molecule has 1 aromatic heterocycles. The monoisotopic (exact) mass is 288 g/mol. The van der Waals surface area contributed by atoms with Gasteiger partial charge < -0.3 is 5.11 Å². The van der Waals surface area contributed by atoms with Crippen LogP contribution in [0.2, 0.25) is 0 Å². The van der Waals surface area contributed by atoms with Crippen LogP contribution >= 0.6 is 0 Å². The summed E-state index contributed by atoms with van der Waals surface area (Å²) in [4.78, 5) is 36.1.